The Hall–Kier alpha value is -1.81. The number of nitrogens with one attached hydrogen (secondary N) is 1. The molecule has 2 aromatic carbocycles. The number of carboxylic acids is 1. The first-order valence-corrected chi connectivity index (χ1v) is 7.74. The summed E-state index contributed by atoms with van der Waals surface area (Å²) in [6.45, 7) is 2.82. The van der Waals surface area contributed by atoms with E-state index in [1.165, 1.54) is 5.56 Å². The van der Waals surface area contributed by atoms with Crippen LogP contribution >= 0.6 is 15.9 Å². The highest BCUT2D eigenvalue weighted by Gasteiger charge is 2.07. The average molecular weight is 348 g/mol. The second-order valence-corrected chi connectivity index (χ2v) is 5.73. The van der Waals surface area contributed by atoms with Gasteiger partial charge in [-0.15, -0.1) is 0 Å². The number of carboxylic acid groups (broad SMARTS) is 1. The Balaban J connectivity index is 2.11. The van der Waals surface area contributed by atoms with Crippen LogP contribution in [0.5, 0.6) is 0 Å². The predicted molar refractivity (Wildman–Crippen MR) is 88.9 cm³/mol. The molecule has 0 unspecified atom stereocenters. The van der Waals surface area contributed by atoms with E-state index < -0.39 is 5.97 Å². The van der Waals surface area contributed by atoms with E-state index in [1.807, 2.05) is 18.2 Å². The maximum absolute atomic E-state index is 10.9. The first kappa shape index (κ1) is 15.6. The molecule has 2 rings (SSSR count). The van der Waals surface area contributed by atoms with Crippen molar-refractivity contribution in [1.82, 2.24) is 0 Å². The number of hydrogen-bond donors (Lipinski definition) is 2. The molecule has 0 bridgehead atoms. The molecule has 0 aliphatic heterocycles. The van der Waals surface area contributed by atoms with Crippen molar-refractivity contribution in [3.63, 3.8) is 0 Å². The fourth-order valence-corrected chi connectivity index (χ4v) is 2.71. The van der Waals surface area contributed by atoms with Gasteiger partial charge >= 0.3 is 5.97 Å². The van der Waals surface area contributed by atoms with Gasteiger partial charge in [0.15, 0.2) is 0 Å². The van der Waals surface area contributed by atoms with Gasteiger partial charge in [-0.3, -0.25) is 0 Å². The Morgan fingerprint density at radius 1 is 1.19 bits per heavy atom. The smallest absolute Gasteiger partial charge is 0.335 e. The molecule has 4 heteroatoms. The van der Waals surface area contributed by atoms with Gasteiger partial charge < -0.3 is 10.4 Å². The maximum Gasteiger partial charge on any atom is 0.335 e. The summed E-state index contributed by atoms with van der Waals surface area (Å²) >= 11 is 3.43. The Morgan fingerprint density at radius 2 is 1.95 bits per heavy atom. The van der Waals surface area contributed by atoms with Crippen LogP contribution in [0.3, 0.4) is 0 Å². The van der Waals surface area contributed by atoms with Gasteiger partial charge in [0.1, 0.15) is 0 Å². The number of benzene rings is 2. The summed E-state index contributed by atoms with van der Waals surface area (Å²) in [5.41, 5.74) is 3.76. The second-order valence-electron chi connectivity index (χ2n) is 4.87. The number of rotatable bonds is 6. The molecule has 0 amide bonds. The molecule has 0 saturated carbocycles. The lowest BCUT2D eigenvalue weighted by atomic mass is 10.1. The van der Waals surface area contributed by atoms with E-state index in [9.17, 15) is 4.79 Å². The lowest BCUT2D eigenvalue weighted by molar-refractivity contribution is 0.0697. The van der Waals surface area contributed by atoms with Crippen LogP contribution in [0.1, 0.15) is 34.8 Å². The molecule has 0 saturated heterocycles. The number of aryl methyl sites for hydroxylation is 1. The van der Waals surface area contributed by atoms with Crippen LogP contribution < -0.4 is 5.32 Å². The number of aromatic carboxylic acids is 1. The van der Waals surface area contributed by atoms with Gasteiger partial charge in [-0.1, -0.05) is 53.5 Å². The van der Waals surface area contributed by atoms with E-state index in [0.717, 1.165) is 28.6 Å². The molecule has 0 atom stereocenters. The van der Waals surface area contributed by atoms with Crippen LogP contribution in [0.15, 0.2) is 46.9 Å². The van der Waals surface area contributed by atoms with Crippen molar-refractivity contribution in [2.24, 2.45) is 0 Å². The molecule has 110 valence electrons. The monoisotopic (exact) mass is 347 g/mol. The van der Waals surface area contributed by atoms with Crippen molar-refractivity contribution < 1.29 is 9.90 Å². The van der Waals surface area contributed by atoms with Crippen molar-refractivity contribution >= 4 is 27.6 Å². The zero-order chi connectivity index (χ0) is 15.2. The highest BCUT2D eigenvalue weighted by Crippen LogP contribution is 2.22. The van der Waals surface area contributed by atoms with Crippen molar-refractivity contribution in [2.75, 3.05) is 5.32 Å². The van der Waals surface area contributed by atoms with Gasteiger partial charge in [0.05, 0.1) is 5.56 Å². The second kappa shape index (κ2) is 7.27. The normalized spacial score (nSPS) is 10.4. The Labute approximate surface area is 133 Å². The summed E-state index contributed by atoms with van der Waals surface area (Å²) in [5.74, 6) is -0.913. The number of anilines is 1. The molecule has 0 aliphatic carbocycles. The van der Waals surface area contributed by atoms with Crippen LogP contribution in [-0.4, -0.2) is 11.1 Å². The van der Waals surface area contributed by atoms with Crippen LogP contribution in [0.2, 0.25) is 0 Å². The van der Waals surface area contributed by atoms with Crippen molar-refractivity contribution in [3.8, 4) is 0 Å². The topological polar surface area (TPSA) is 49.3 Å². The van der Waals surface area contributed by atoms with E-state index in [2.05, 4.69) is 40.3 Å². The summed E-state index contributed by atoms with van der Waals surface area (Å²) in [5, 5.41) is 12.4. The number of para-hydroxylation sites is 1. The fourth-order valence-electron chi connectivity index (χ4n) is 2.19. The van der Waals surface area contributed by atoms with Gasteiger partial charge in [0.25, 0.3) is 0 Å². The third kappa shape index (κ3) is 4.08. The first-order chi connectivity index (χ1) is 10.1. The third-order valence-corrected chi connectivity index (χ3v) is 4.04. The molecule has 0 fully saturated rings. The minimum absolute atomic E-state index is 0.289. The summed E-state index contributed by atoms with van der Waals surface area (Å²) in [6, 6.07) is 13.4. The highest BCUT2D eigenvalue weighted by atomic mass is 79.9. The largest absolute Gasteiger partial charge is 0.478 e. The average Bonchev–Trinajstić information content (AvgIpc) is 2.47. The number of hydrogen-bond acceptors (Lipinski definition) is 2. The van der Waals surface area contributed by atoms with Gasteiger partial charge in [-0.05, 0) is 35.7 Å². The molecule has 21 heavy (non-hydrogen) atoms. The van der Waals surface area contributed by atoms with Crippen LogP contribution in [-0.2, 0) is 13.0 Å². The van der Waals surface area contributed by atoms with Crippen LogP contribution in [0.4, 0.5) is 5.69 Å². The summed E-state index contributed by atoms with van der Waals surface area (Å²) in [4.78, 5) is 10.9. The van der Waals surface area contributed by atoms with E-state index in [0.29, 0.717) is 6.54 Å². The molecule has 0 aromatic heterocycles. The Bertz CT molecular complexity index is 640. The van der Waals surface area contributed by atoms with E-state index >= 15 is 0 Å². The molecular formula is C17H18BrNO2. The van der Waals surface area contributed by atoms with Crippen LogP contribution in [0.25, 0.3) is 0 Å². The fraction of sp³-hybridized carbons (Fsp3) is 0.235. The first-order valence-electron chi connectivity index (χ1n) is 6.95. The highest BCUT2D eigenvalue weighted by molar-refractivity contribution is 9.10. The maximum atomic E-state index is 10.9. The predicted octanol–water partition coefficient (Wildman–Crippen LogP) is 4.71. The Kier molecular flexibility index (Phi) is 5.39. The quantitative estimate of drug-likeness (QED) is 0.795. The number of halogens is 1. The van der Waals surface area contributed by atoms with Crippen molar-refractivity contribution in [2.45, 2.75) is 26.3 Å². The summed E-state index contributed by atoms with van der Waals surface area (Å²) < 4.78 is 0.808. The number of carbonyl (C=O) groups is 1. The molecule has 0 aliphatic rings. The molecule has 0 heterocycles. The van der Waals surface area contributed by atoms with E-state index in [4.69, 9.17) is 5.11 Å². The van der Waals surface area contributed by atoms with Gasteiger partial charge in [0.2, 0.25) is 0 Å². The SMILES string of the molecule is CCCc1ccccc1NCc1ccc(C(=O)O)cc1Br. The molecule has 0 spiro atoms. The minimum Gasteiger partial charge on any atom is -0.478 e. The standard InChI is InChI=1S/C17H18BrNO2/c1-2-5-12-6-3-4-7-16(12)19-11-14-9-8-13(17(20)21)10-15(14)18/h3-4,6-10,19H,2,5,11H2,1H3,(H,20,21). The van der Waals surface area contributed by atoms with Gasteiger partial charge in [-0.25, -0.2) is 4.79 Å². The van der Waals surface area contributed by atoms with E-state index in [-0.39, 0.29) is 5.56 Å². The molecule has 3 nitrogen and oxygen atoms in total. The van der Waals surface area contributed by atoms with Gasteiger partial charge in [-0.2, -0.15) is 0 Å². The lowest BCUT2D eigenvalue weighted by Gasteiger charge is -2.12. The zero-order valence-corrected chi connectivity index (χ0v) is 13.5. The summed E-state index contributed by atoms with van der Waals surface area (Å²) in [6.07, 6.45) is 2.15. The minimum atomic E-state index is -0.913. The molecule has 2 aromatic rings. The molecule has 2 N–H and O–H groups in total. The van der Waals surface area contributed by atoms with Gasteiger partial charge in [0, 0.05) is 16.7 Å². The van der Waals surface area contributed by atoms with Crippen LogP contribution in [0, 0.1) is 0 Å². The van der Waals surface area contributed by atoms with Crippen molar-refractivity contribution in [1.29, 1.82) is 0 Å². The third-order valence-electron chi connectivity index (χ3n) is 3.31. The lowest BCUT2D eigenvalue weighted by Crippen LogP contribution is -2.04. The Morgan fingerprint density at radius 3 is 2.62 bits per heavy atom. The zero-order valence-electron chi connectivity index (χ0n) is 11.9. The molecular weight excluding hydrogens is 330 g/mol. The molecule has 0 radical (unpaired) electrons. The van der Waals surface area contributed by atoms with E-state index in [1.54, 1.807) is 12.1 Å². The summed E-state index contributed by atoms with van der Waals surface area (Å²) in [7, 11) is 0. The van der Waals surface area contributed by atoms with Crippen molar-refractivity contribution in [3.05, 3.63) is 63.6 Å².